The molecule has 1 saturated heterocycles. The number of nitrogens with zero attached hydrogens (tertiary/aromatic N) is 6. The number of amidine groups is 1. The first-order valence-corrected chi connectivity index (χ1v) is 16.0. The second-order valence-electron chi connectivity index (χ2n) is 12.7. The zero-order chi connectivity index (χ0) is 34.9. The van der Waals surface area contributed by atoms with E-state index in [0.717, 1.165) is 40.6 Å². The summed E-state index contributed by atoms with van der Waals surface area (Å²) in [6.45, 7) is 10.5. The van der Waals surface area contributed by atoms with Gasteiger partial charge in [-0.1, -0.05) is 26.0 Å². The summed E-state index contributed by atoms with van der Waals surface area (Å²) in [4.78, 5) is 62.1. The Kier molecular flexibility index (Phi) is 9.64. The molecule has 0 atom stereocenters. The van der Waals surface area contributed by atoms with Crippen LogP contribution in [0.4, 0.5) is 5.69 Å². The number of aryl methyl sites for hydroxylation is 2. The van der Waals surface area contributed by atoms with Gasteiger partial charge in [-0.25, -0.2) is 14.4 Å². The lowest BCUT2D eigenvalue weighted by atomic mass is 9.92. The van der Waals surface area contributed by atoms with Gasteiger partial charge in [0, 0.05) is 72.9 Å². The van der Waals surface area contributed by atoms with Crippen molar-refractivity contribution in [1.29, 1.82) is 5.41 Å². The summed E-state index contributed by atoms with van der Waals surface area (Å²) in [6, 6.07) is 8.76. The maximum absolute atomic E-state index is 13.5. The standard InChI is InChI=1S/C34H42N10O4/c1-19(2)32(46)42-13-11-23(12-14-42)27-15-25(28(39-27)29(36)37-18-35)22-7-9-24(10-8-22)38-31(45)26-17-43(20(3)4)34(48)44(33(26)47)30-21(5)16-41(6)40-30/h7-10,15-20,23,39H,11-14H2,1-6H3,(H,38,45)(H3,35,36,37). The average molecular weight is 655 g/mol. The second kappa shape index (κ2) is 13.7. The number of rotatable bonds is 9. The highest BCUT2D eigenvalue weighted by Crippen LogP contribution is 2.34. The fourth-order valence-corrected chi connectivity index (χ4v) is 6.07. The fourth-order valence-electron chi connectivity index (χ4n) is 6.07. The summed E-state index contributed by atoms with van der Waals surface area (Å²) in [7, 11) is 1.69. The first-order chi connectivity index (χ1) is 22.8. The van der Waals surface area contributed by atoms with Crippen molar-refractivity contribution in [2.24, 2.45) is 23.7 Å². The molecule has 1 aliphatic heterocycles. The molecule has 3 aromatic heterocycles. The third-order valence-electron chi connectivity index (χ3n) is 8.60. The molecule has 14 nitrogen and oxygen atoms in total. The number of aromatic nitrogens is 5. The summed E-state index contributed by atoms with van der Waals surface area (Å²) in [5, 5.41) is 14.5. The molecule has 0 unspecified atom stereocenters. The average Bonchev–Trinajstić information content (AvgIpc) is 3.64. The molecule has 5 rings (SSSR count). The van der Waals surface area contributed by atoms with Gasteiger partial charge in [-0.05, 0) is 57.4 Å². The lowest BCUT2D eigenvalue weighted by molar-refractivity contribution is -0.135. The number of likely N-dealkylation sites (tertiary alicyclic amines) is 1. The van der Waals surface area contributed by atoms with Gasteiger partial charge < -0.3 is 20.9 Å². The number of carbonyl (C=O) groups is 2. The molecule has 1 aromatic carbocycles. The monoisotopic (exact) mass is 654 g/mol. The SMILES string of the molecule is Cc1cn(C)nc1-n1c(=O)c(C(=O)Nc2ccc(-c3cc(C4CCN(C(=O)C(C)C)CC4)[nH]c3/C(N)=N\C=N)cc2)cn(C(C)C)c1=O. The van der Waals surface area contributed by atoms with E-state index in [1.165, 1.54) is 15.4 Å². The summed E-state index contributed by atoms with van der Waals surface area (Å²) in [5.74, 6) is -0.0311. The van der Waals surface area contributed by atoms with Crippen LogP contribution in [0.2, 0.25) is 0 Å². The second-order valence-corrected chi connectivity index (χ2v) is 12.7. The van der Waals surface area contributed by atoms with Crippen molar-refractivity contribution < 1.29 is 9.59 Å². The Labute approximate surface area is 277 Å². The van der Waals surface area contributed by atoms with E-state index >= 15 is 0 Å². The van der Waals surface area contributed by atoms with E-state index in [4.69, 9.17) is 11.1 Å². The smallest absolute Gasteiger partial charge is 0.337 e. The van der Waals surface area contributed by atoms with Crippen LogP contribution in [0.25, 0.3) is 16.9 Å². The first kappa shape index (κ1) is 33.8. The molecule has 0 aliphatic carbocycles. The minimum atomic E-state index is -0.766. The van der Waals surface area contributed by atoms with Gasteiger partial charge >= 0.3 is 5.69 Å². The van der Waals surface area contributed by atoms with Crippen LogP contribution in [0, 0.1) is 18.3 Å². The number of nitrogens with two attached hydrogens (primary N) is 1. The molecular weight excluding hydrogens is 612 g/mol. The van der Waals surface area contributed by atoms with Gasteiger partial charge in [0.05, 0.1) is 5.69 Å². The van der Waals surface area contributed by atoms with Crippen molar-refractivity contribution >= 4 is 29.7 Å². The highest BCUT2D eigenvalue weighted by Gasteiger charge is 2.28. The van der Waals surface area contributed by atoms with Crippen LogP contribution in [-0.4, -0.2) is 65.9 Å². The van der Waals surface area contributed by atoms with E-state index < -0.39 is 17.2 Å². The molecule has 1 fully saturated rings. The number of amides is 2. The number of carbonyl (C=O) groups excluding carboxylic acids is 2. The molecule has 252 valence electrons. The highest BCUT2D eigenvalue weighted by atomic mass is 16.2. The fraction of sp³-hybridized carbons (Fsp3) is 0.382. The van der Waals surface area contributed by atoms with Crippen LogP contribution in [0.3, 0.4) is 0 Å². The Morgan fingerprint density at radius 3 is 2.33 bits per heavy atom. The van der Waals surface area contributed by atoms with Crippen molar-refractivity contribution in [3.05, 3.63) is 86.1 Å². The number of aliphatic imine (C=N–C) groups is 1. The normalized spacial score (nSPS) is 14.2. The molecule has 14 heteroatoms. The van der Waals surface area contributed by atoms with Crippen LogP contribution in [0.15, 0.2) is 57.3 Å². The molecule has 1 aliphatic rings. The number of anilines is 1. The largest absolute Gasteiger partial charge is 0.382 e. The van der Waals surface area contributed by atoms with Crippen LogP contribution in [-0.2, 0) is 11.8 Å². The molecule has 5 N–H and O–H groups in total. The van der Waals surface area contributed by atoms with E-state index in [-0.39, 0.29) is 41.0 Å². The van der Waals surface area contributed by atoms with Gasteiger partial charge in [0.25, 0.3) is 11.5 Å². The number of piperidine rings is 1. The topological polar surface area (TPSA) is 189 Å². The lowest BCUT2D eigenvalue weighted by Gasteiger charge is -2.32. The quantitative estimate of drug-likeness (QED) is 0.158. The van der Waals surface area contributed by atoms with Gasteiger partial charge in [0.15, 0.2) is 5.82 Å². The number of benzene rings is 1. The van der Waals surface area contributed by atoms with Crippen LogP contribution >= 0.6 is 0 Å². The Balaban J connectivity index is 1.42. The maximum Gasteiger partial charge on any atom is 0.337 e. The zero-order valence-corrected chi connectivity index (χ0v) is 28.1. The number of hydrogen-bond acceptors (Lipinski definition) is 6. The van der Waals surface area contributed by atoms with Gasteiger partial charge in [0.2, 0.25) is 5.91 Å². The van der Waals surface area contributed by atoms with E-state index in [1.54, 1.807) is 46.1 Å². The van der Waals surface area contributed by atoms with Crippen molar-refractivity contribution in [3.8, 4) is 16.9 Å². The summed E-state index contributed by atoms with van der Waals surface area (Å²) < 4.78 is 3.78. The lowest BCUT2D eigenvalue weighted by Crippen LogP contribution is -2.43. The highest BCUT2D eigenvalue weighted by molar-refractivity contribution is 6.06. The summed E-state index contributed by atoms with van der Waals surface area (Å²) in [6.07, 6.45) is 5.47. The van der Waals surface area contributed by atoms with Crippen molar-refractivity contribution in [3.63, 3.8) is 0 Å². The predicted octanol–water partition coefficient (Wildman–Crippen LogP) is 3.54. The predicted molar refractivity (Wildman–Crippen MR) is 185 cm³/mol. The molecular formula is C34H42N10O4. The van der Waals surface area contributed by atoms with Gasteiger partial charge in [-0.15, -0.1) is 0 Å². The van der Waals surface area contributed by atoms with E-state index in [0.29, 0.717) is 30.0 Å². The Morgan fingerprint density at radius 1 is 1.10 bits per heavy atom. The van der Waals surface area contributed by atoms with E-state index in [1.807, 2.05) is 36.9 Å². The number of nitrogens with one attached hydrogen (secondary N) is 3. The first-order valence-electron chi connectivity index (χ1n) is 16.0. The van der Waals surface area contributed by atoms with Crippen molar-refractivity contribution in [2.75, 3.05) is 18.4 Å². The number of H-pyrrole nitrogens is 1. The van der Waals surface area contributed by atoms with Gasteiger partial charge in [-0.3, -0.25) is 29.0 Å². The molecule has 48 heavy (non-hydrogen) atoms. The maximum atomic E-state index is 13.5. The minimum absolute atomic E-state index is 0.0421. The van der Waals surface area contributed by atoms with E-state index in [2.05, 4.69) is 20.4 Å². The molecule has 0 saturated carbocycles. The number of hydrogen-bond donors (Lipinski definition) is 4. The Bertz CT molecular complexity index is 2000. The minimum Gasteiger partial charge on any atom is -0.382 e. The third-order valence-corrected chi connectivity index (χ3v) is 8.60. The van der Waals surface area contributed by atoms with Crippen LogP contribution < -0.4 is 22.3 Å². The van der Waals surface area contributed by atoms with E-state index in [9.17, 15) is 19.2 Å². The molecule has 0 radical (unpaired) electrons. The summed E-state index contributed by atoms with van der Waals surface area (Å²) in [5.41, 5.74) is 8.88. The third kappa shape index (κ3) is 6.64. The van der Waals surface area contributed by atoms with Crippen LogP contribution in [0.1, 0.15) is 79.8 Å². The van der Waals surface area contributed by atoms with Gasteiger partial charge in [0.1, 0.15) is 17.7 Å². The van der Waals surface area contributed by atoms with Crippen molar-refractivity contribution in [1.82, 2.24) is 28.8 Å². The summed E-state index contributed by atoms with van der Waals surface area (Å²) >= 11 is 0. The number of aromatic amines is 1. The molecule has 4 aromatic rings. The van der Waals surface area contributed by atoms with Crippen molar-refractivity contribution in [2.45, 2.75) is 59.4 Å². The van der Waals surface area contributed by atoms with Crippen LogP contribution in [0.5, 0.6) is 0 Å². The Hall–Kier alpha value is -5.53. The molecule has 2 amide bonds. The molecule has 0 spiro atoms. The molecule has 0 bridgehead atoms. The van der Waals surface area contributed by atoms with Gasteiger partial charge in [-0.2, -0.15) is 5.10 Å². The Morgan fingerprint density at radius 2 is 1.77 bits per heavy atom. The zero-order valence-electron chi connectivity index (χ0n) is 28.1. The molecule has 4 heterocycles.